The first-order valence-corrected chi connectivity index (χ1v) is 11.5. The average molecular weight is 507 g/mol. The van der Waals surface area contributed by atoms with Crippen molar-refractivity contribution in [2.75, 3.05) is 19.1 Å². The van der Waals surface area contributed by atoms with Crippen molar-refractivity contribution >= 4 is 51.6 Å². The molecular formula is C22H23BrN2O5S. The van der Waals surface area contributed by atoms with E-state index in [1.54, 1.807) is 48.5 Å². The fraction of sp³-hybridized carbons (Fsp3) is 0.227. The first kappa shape index (κ1) is 24.5. The quantitative estimate of drug-likeness (QED) is 0.425. The van der Waals surface area contributed by atoms with Crippen LogP contribution in [-0.2, 0) is 9.59 Å². The van der Waals surface area contributed by atoms with Crippen molar-refractivity contribution in [1.82, 2.24) is 10.6 Å². The Morgan fingerprint density at radius 2 is 1.84 bits per heavy atom. The standard InChI is InChI=1S/C22H23BrN2O5S/c1-30-19-6-4-3-5-16(19)20(26)25-18(13-14-7-9-15(23)10-8-14)21(27)24-17(22(28)29)11-12-31-2/h3-10,13,17H,11-12H2,1-2H3,(H,24,27)(H,25,26)(H,28,29). The third kappa shape index (κ3) is 7.45. The number of para-hydroxylation sites is 1. The first-order valence-electron chi connectivity index (χ1n) is 9.30. The van der Waals surface area contributed by atoms with E-state index in [1.165, 1.54) is 24.9 Å². The van der Waals surface area contributed by atoms with Gasteiger partial charge in [-0.05, 0) is 54.3 Å². The van der Waals surface area contributed by atoms with Crippen molar-refractivity contribution in [1.29, 1.82) is 0 Å². The lowest BCUT2D eigenvalue weighted by atomic mass is 10.1. The molecule has 0 heterocycles. The molecular weight excluding hydrogens is 484 g/mol. The minimum atomic E-state index is -1.14. The van der Waals surface area contributed by atoms with Gasteiger partial charge in [-0.3, -0.25) is 9.59 Å². The van der Waals surface area contributed by atoms with E-state index in [2.05, 4.69) is 26.6 Å². The molecule has 164 valence electrons. The van der Waals surface area contributed by atoms with Crippen LogP contribution in [0.25, 0.3) is 6.08 Å². The highest BCUT2D eigenvalue weighted by Crippen LogP contribution is 2.18. The summed E-state index contributed by atoms with van der Waals surface area (Å²) >= 11 is 4.83. The van der Waals surface area contributed by atoms with E-state index in [-0.39, 0.29) is 17.7 Å². The molecule has 9 heteroatoms. The second-order valence-electron chi connectivity index (χ2n) is 6.41. The minimum absolute atomic E-state index is 0.0753. The monoisotopic (exact) mass is 506 g/mol. The van der Waals surface area contributed by atoms with Crippen LogP contribution in [0.5, 0.6) is 5.75 Å². The number of aliphatic carboxylic acids is 1. The van der Waals surface area contributed by atoms with Crippen molar-refractivity contribution in [3.63, 3.8) is 0 Å². The lowest BCUT2D eigenvalue weighted by Crippen LogP contribution is -2.44. The van der Waals surface area contributed by atoms with Gasteiger partial charge in [0.15, 0.2) is 0 Å². The molecule has 7 nitrogen and oxygen atoms in total. The van der Waals surface area contributed by atoms with Gasteiger partial charge in [0.05, 0.1) is 12.7 Å². The van der Waals surface area contributed by atoms with Crippen molar-refractivity contribution in [2.24, 2.45) is 0 Å². The Labute approximate surface area is 193 Å². The third-order valence-corrected chi connectivity index (χ3v) is 5.41. The van der Waals surface area contributed by atoms with Crippen LogP contribution in [-0.4, -0.2) is 48.1 Å². The summed E-state index contributed by atoms with van der Waals surface area (Å²) < 4.78 is 6.07. The number of methoxy groups -OCH3 is 1. The molecule has 0 aliphatic carbocycles. The highest BCUT2D eigenvalue weighted by molar-refractivity contribution is 9.10. The van der Waals surface area contributed by atoms with E-state index in [1.807, 2.05) is 6.26 Å². The molecule has 2 amide bonds. The van der Waals surface area contributed by atoms with Gasteiger partial charge in [0.2, 0.25) is 0 Å². The number of carboxylic acid groups (broad SMARTS) is 1. The third-order valence-electron chi connectivity index (χ3n) is 4.24. The maximum Gasteiger partial charge on any atom is 0.326 e. The number of hydrogen-bond acceptors (Lipinski definition) is 5. The van der Waals surface area contributed by atoms with E-state index in [4.69, 9.17) is 4.74 Å². The minimum Gasteiger partial charge on any atom is -0.496 e. The molecule has 0 radical (unpaired) electrons. The molecule has 2 aromatic rings. The van der Waals surface area contributed by atoms with Gasteiger partial charge in [0.25, 0.3) is 11.8 Å². The number of carbonyl (C=O) groups excluding carboxylic acids is 2. The number of rotatable bonds is 10. The lowest BCUT2D eigenvalue weighted by Gasteiger charge is -2.17. The summed E-state index contributed by atoms with van der Waals surface area (Å²) in [5.41, 5.74) is 0.829. The van der Waals surface area contributed by atoms with Gasteiger partial charge < -0.3 is 20.5 Å². The van der Waals surface area contributed by atoms with Crippen molar-refractivity contribution in [2.45, 2.75) is 12.5 Å². The average Bonchev–Trinajstić information content (AvgIpc) is 2.77. The van der Waals surface area contributed by atoms with Gasteiger partial charge in [-0.15, -0.1) is 0 Å². The summed E-state index contributed by atoms with van der Waals surface area (Å²) in [5.74, 6) is -1.46. The van der Waals surface area contributed by atoms with Gasteiger partial charge in [-0.1, -0.05) is 40.2 Å². The SMILES string of the molecule is COc1ccccc1C(=O)NC(=Cc1ccc(Br)cc1)C(=O)NC(CCSC)C(=O)O. The van der Waals surface area contributed by atoms with E-state index >= 15 is 0 Å². The summed E-state index contributed by atoms with van der Waals surface area (Å²) in [6.45, 7) is 0. The molecule has 0 aliphatic rings. The van der Waals surface area contributed by atoms with Gasteiger partial charge in [0, 0.05) is 4.47 Å². The Hall–Kier alpha value is -2.78. The Kier molecular flexibility index (Phi) is 9.61. The van der Waals surface area contributed by atoms with Crippen LogP contribution in [0.3, 0.4) is 0 Å². The largest absolute Gasteiger partial charge is 0.496 e. The highest BCUT2D eigenvalue weighted by Gasteiger charge is 2.23. The van der Waals surface area contributed by atoms with Gasteiger partial charge in [-0.2, -0.15) is 11.8 Å². The zero-order chi connectivity index (χ0) is 22.8. The molecule has 0 fully saturated rings. The fourth-order valence-electron chi connectivity index (χ4n) is 2.64. The predicted molar refractivity (Wildman–Crippen MR) is 125 cm³/mol. The molecule has 0 saturated carbocycles. The van der Waals surface area contributed by atoms with Crippen molar-refractivity contribution in [3.05, 3.63) is 69.8 Å². The van der Waals surface area contributed by atoms with Gasteiger partial charge in [0.1, 0.15) is 17.5 Å². The maximum absolute atomic E-state index is 12.9. The number of halogens is 1. The zero-order valence-corrected chi connectivity index (χ0v) is 19.5. The van der Waals surface area contributed by atoms with Crippen molar-refractivity contribution in [3.8, 4) is 5.75 Å². The zero-order valence-electron chi connectivity index (χ0n) is 17.1. The van der Waals surface area contributed by atoms with E-state index in [9.17, 15) is 19.5 Å². The van der Waals surface area contributed by atoms with Crippen LogP contribution < -0.4 is 15.4 Å². The molecule has 31 heavy (non-hydrogen) atoms. The maximum atomic E-state index is 12.9. The van der Waals surface area contributed by atoms with Crippen LogP contribution in [0, 0.1) is 0 Å². The second-order valence-corrected chi connectivity index (χ2v) is 8.31. The summed E-state index contributed by atoms with van der Waals surface area (Å²) in [5, 5.41) is 14.5. The number of carbonyl (C=O) groups is 3. The number of thioether (sulfide) groups is 1. The Balaban J connectivity index is 2.33. The Morgan fingerprint density at radius 1 is 1.16 bits per heavy atom. The summed E-state index contributed by atoms with van der Waals surface area (Å²) in [6.07, 6.45) is 3.60. The Bertz CT molecular complexity index is 963. The number of nitrogens with one attached hydrogen (secondary N) is 2. The summed E-state index contributed by atoms with van der Waals surface area (Å²) in [7, 11) is 1.45. The molecule has 2 rings (SSSR count). The topological polar surface area (TPSA) is 105 Å². The molecule has 0 aliphatic heterocycles. The van der Waals surface area contributed by atoms with E-state index in [0.717, 1.165) is 4.47 Å². The van der Waals surface area contributed by atoms with E-state index < -0.39 is 23.8 Å². The molecule has 2 aromatic carbocycles. The van der Waals surface area contributed by atoms with Gasteiger partial charge >= 0.3 is 5.97 Å². The number of benzene rings is 2. The second kappa shape index (κ2) is 12.2. The van der Waals surface area contributed by atoms with E-state index in [0.29, 0.717) is 17.1 Å². The summed E-state index contributed by atoms with van der Waals surface area (Å²) in [6, 6.07) is 12.6. The molecule has 0 aromatic heterocycles. The highest BCUT2D eigenvalue weighted by atomic mass is 79.9. The smallest absolute Gasteiger partial charge is 0.326 e. The predicted octanol–water partition coefficient (Wildman–Crippen LogP) is 3.55. The molecule has 0 bridgehead atoms. The van der Waals surface area contributed by atoms with Crippen LogP contribution in [0.15, 0.2) is 58.7 Å². The first-order chi connectivity index (χ1) is 14.8. The van der Waals surface area contributed by atoms with Crippen LogP contribution in [0.2, 0.25) is 0 Å². The number of carboxylic acids is 1. The van der Waals surface area contributed by atoms with Crippen LogP contribution in [0.1, 0.15) is 22.3 Å². The van der Waals surface area contributed by atoms with Crippen LogP contribution >= 0.6 is 27.7 Å². The molecule has 1 unspecified atom stereocenters. The number of hydrogen-bond donors (Lipinski definition) is 3. The fourth-order valence-corrected chi connectivity index (χ4v) is 3.37. The normalized spacial score (nSPS) is 12.0. The van der Waals surface area contributed by atoms with Crippen LogP contribution in [0.4, 0.5) is 0 Å². The molecule has 3 N–H and O–H groups in total. The number of amides is 2. The lowest BCUT2D eigenvalue weighted by molar-refractivity contribution is -0.141. The van der Waals surface area contributed by atoms with Gasteiger partial charge in [-0.25, -0.2) is 4.79 Å². The summed E-state index contributed by atoms with van der Waals surface area (Å²) in [4.78, 5) is 37.3. The van der Waals surface area contributed by atoms with Crippen molar-refractivity contribution < 1.29 is 24.2 Å². The molecule has 0 saturated heterocycles. The number of ether oxygens (including phenoxy) is 1. The molecule has 0 spiro atoms. The Morgan fingerprint density at radius 3 is 2.45 bits per heavy atom. The molecule has 1 atom stereocenters.